The van der Waals surface area contributed by atoms with Crippen molar-refractivity contribution >= 4 is 28.4 Å². The summed E-state index contributed by atoms with van der Waals surface area (Å²) in [6.45, 7) is 7.17. The molecule has 0 bridgehead atoms. The van der Waals surface area contributed by atoms with Crippen LogP contribution in [0.3, 0.4) is 0 Å². The zero-order valence-electron chi connectivity index (χ0n) is 17.6. The Labute approximate surface area is 175 Å². The fraction of sp³-hybridized carbons (Fsp3) is 0.409. The van der Waals surface area contributed by atoms with E-state index in [-0.39, 0.29) is 11.8 Å². The average molecular weight is 411 g/mol. The standard InChI is InChI=1S/C22H26FN5O2/c1-4-30-22(29)18-14-24-21-19(15(2)25-26(21)3)20(18)28-11-5-10-27(12-13-28)17-8-6-16(23)7-9-17/h6-9,14H,4-5,10-13H2,1-3H3. The van der Waals surface area contributed by atoms with Crippen LogP contribution in [0.25, 0.3) is 11.0 Å². The highest BCUT2D eigenvalue weighted by Crippen LogP contribution is 2.33. The number of rotatable bonds is 4. The molecule has 158 valence electrons. The van der Waals surface area contributed by atoms with E-state index < -0.39 is 0 Å². The third-order valence-electron chi connectivity index (χ3n) is 5.50. The number of fused-ring (bicyclic) bond motifs is 1. The molecule has 0 unspecified atom stereocenters. The Hall–Kier alpha value is -3.16. The highest BCUT2D eigenvalue weighted by atomic mass is 19.1. The Bertz CT molecular complexity index is 1060. The minimum Gasteiger partial charge on any atom is -0.462 e. The summed E-state index contributed by atoms with van der Waals surface area (Å²) in [4.78, 5) is 21.7. The molecule has 3 heterocycles. The summed E-state index contributed by atoms with van der Waals surface area (Å²) in [5, 5.41) is 5.40. The molecule has 0 radical (unpaired) electrons. The van der Waals surface area contributed by atoms with E-state index in [4.69, 9.17) is 4.74 Å². The molecule has 1 aliphatic heterocycles. The van der Waals surface area contributed by atoms with Crippen molar-refractivity contribution in [3.05, 3.63) is 47.5 Å². The number of carbonyl (C=O) groups excluding carboxylic acids is 1. The smallest absolute Gasteiger partial charge is 0.341 e. The summed E-state index contributed by atoms with van der Waals surface area (Å²) in [6.07, 6.45) is 2.50. The lowest BCUT2D eigenvalue weighted by Gasteiger charge is -2.26. The van der Waals surface area contributed by atoms with Crippen LogP contribution in [0.5, 0.6) is 0 Å². The second-order valence-corrected chi connectivity index (χ2v) is 7.45. The van der Waals surface area contributed by atoms with Crippen LogP contribution in [0.15, 0.2) is 30.5 Å². The van der Waals surface area contributed by atoms with Crippen LogP contribution in [0.2, 0.25) is 0 Å². The lowest BCUT2D eigenvalue weighted by Crippen LogP contribution is -2.32. The molecular formula is C22H26FN5O2. The van der Waals surface area contributed by atoms with Crippen LogP contribution in [0.1, 0.15) is 29.4 Å². The van der Waals surface area contributed by atoms with Crippen molar-refractivity contribution in [1.82, 2.24) is 14.8 Å². The van der Waals surface area contributed by atoms with Gasteiger partial charge in [-0.15, -0.1) is 0 Å². The van der Waals surface area contributed by atoms with Crippen LogP contribution >= 0.6 is 0 Å². The molecule has 0 aliphatic carbocycles. The molecule has 0 N–H and O–H groups in total. The van der Waals surface area contributed by atoms with E-state index in [1.54, 1.807) is 17.8 Å². The quantitative estimate of drug-likeness (QED) is 0.614. The van der Waals surface area contributed by atoms with Gasteiger partial charge in [-0.25, -0.2) is 14.2 Å². The fourth-order valence-corrected chi connectivity index (χ4v) is 4.13. The largest absolute Gasteiger partial charge is 0.462 e. The minimum atomic E-state index is -0.371. The van der Waals surface area contributed by atoms with Crippen molar-refractivity contribution in [2.24, 2.45) is 7.05 Å². The van der Waals surface area contributed by atoms with Gasteiger partial charge in [0, 0.05) is 45.1 Å². The van der Waals surface area contributed by atoms with E-state index in [0.29, 0.717) is 12.2 Å². The summed E-state index contributed by atoms with van der Waals surface area (Å²) < 4.78 is 20.4. The molecule has 1 aromatic carbocycles. The third-order valence-corrected chi connectivity index (χ3v) is 5.50. The van der Waals surface area contributed by atoms with E-state index in [9.17, 15) is 9.18 Å². The first-order valence-electron chi connectivity index (χ1n) is 10.2. The summed E-state index contributed by atoms with van der Waals surface area (Å²) in [6, 6.07) is 6.60. The van der Waals surface area contributed by atoms with E-state index in [0.717, 1.165) is 60.7 Å². The van der Waals surface area contributed by atoms with Gasteiger partial charge in [0.25, 0.3) is 0 Å². The van der Waals surface area contributed by atoms with Gasteiger partial charge in [0.1, 0.15) is 11.4 Å². The predicted molar refractivity (Wildman–Crippen MR) is 115 cm³/mol. The molecule has 4 rings (SSSR count). The van der Waals surface area contributed by atoms with Crippen molar-refractivity contribution in [1.29, 1.82) is 0 Å². The second-order valence-electron chi connectivity index (χ2n) is 7.45. The molecule has 3 aromatic rings. The van der Waals surface area contributed by atoms with Crippen molar-refractivity contribution < 1.29 is 13.9 Å². The SMILES string of the molecule is CCOC(=O)c1cnc2c(c(C)nn2C)c1N1CCCN(c2ccc(F)cc2)CC1. The van der Waals surface area contributed by atoms with Gasteiger partial charge in [0.15, 0.2) is 5.65 Å². The van der Waals surface area contributed by atoms with Gasteiger partial charge >= 0.3 is 5.97 Å². The average Bonchev–Trinajstić information content (AvgIpc) is 2.90. The molecular weight excluding hydrogens is 385 g/mol. The van der Waals surface area contributed by atoms with Crippen molar-refractivity contribution in [3.8, 4) is 0 Å². The third kappa shape index (κ3) is 3.69. The summed E-state index contributed by atoms with van der Waals surface area (Å²) >= 11 is 0. The molecule has 2 aromatic heterocycles. The van der Waals surface area contributed by atoms with Gasteiger partial charge < -0.3 is 14.5 Å². The van der Waals surface area contributed by atoms with Gasteiger partial charge in [-0.05, 0) is 44.5 Å². The van der Waals surface area contributed by atoms with Gasteiger partial charge in [-0.1, -0.05) is 0 Å². The number of hydrogen-bond acceptors (Lipinski definition) is 6. The number of esters is 1. The number of carbonyl (C=O) groups is 1. The number of aromatic nitrogens is 3. The van der Waals surface area contributed by atoms with Gasteiger partial charge in [-0.3, -0.25) is 4.68 Å². The number of anilines is 2. The van der Waals surface area contributed by atoms with E-state index in [2.05, 4.69) is 19.9 Å². The first kappa shape index (κ1) is 20.1. The Morgan fingerprint density at radius 2 is 1.83 bits per heavy atom. The lowest BCUT2D eigenvalue weighted by atomic mass is 10.1. The Kier molecular flexibility index (Phi) is 5.57. The highest BCUT2D eigenvalue weighted by molar-refractivity contribution is 6.05. The number of hydrogen-bond donors (Lipinski definition) is 0. The van der Waals surface area contributed by atoms with Gasteiger partial charge in [0.05, 0.1) is 23.4 Å². The number of nitrogens with zero attached hydrogens (tertiary/aromatic N) is 5. The molecule has 0 saturated carbocycles. The lowest BCUT2D eigenvalue weighted by molar-refractivity contribution is 0.0527. The van der Waals surface area contributed by atoms with Crippen LogP contribution in [0, 0.1) is 12.7 Å². The number of ether oxygens (including phenoxy) is 1. The Balaban J connectivity index is 1.71. The van der Waals surface area contributed by atoms with Crippen LogP contribution < -0.4 is 9.80 Å². The molecule has 0 atom stereocenters. The Morgan fingerprint density at radius 1 is 1.13 bits per heavy atom. The molecule has 30 heavy (non-hydrogen) atoms. The summed E-state index contributed by atoms with van der Waals surface area (Å²) in [5.74, 6) is -0.606. The first-order chi connectivity index (χ1) is 14.5. The van der Waals surface area contributed by atoms with Crippen LogP contribution in [-0.4, -0.2) is 53.5 Å². The normalized spacial score (nSPS) is 14.8. The van der Waals surface area contributed by atoms with Crippen LogP contribution in [0.4, 0.5) is 15.8 Å². The second kappa shape index (κ2) is 8.30. The summed E-state index contributed by atoms with van der Waals surface area (Å²) in [7, 11) is 1.86. The fourth-order valence-electron chi connectivity index (χ4n) is 4.13. The molecule has 0 spiro atoms. The summed E-state index contributed by atoms with van der Waals surface area (Å²) in [5.41, 5.74) is 3.89. The first-order valence-corrected chi connectivity index (χ1v) is 10.2. The van der Waals surface area contributed by atoms with E-state index in [1.165, 1.54) is 12.1 Å². The number of aryl methyl sites for hydroxylation is 2. The van der Waals surface area contributed by atoms with E-state index >= 15 is 0 Å². The maximum absolute atomic E-state index is 13.3. The maximum Gasteiger partial charge on any atom is 0.341 e. The predicted octanol–water partition coefficient (Wildman–Crippen LogP) is 3.31. The monoisotopic (exact) mass is 411 g/mol. The minimum absolute atomic E-state index is 0.236. The topological polar surface area (TPSA) is 63.5 Å². The maximum atomic E-state index is 13.3. The number of pyridine rings is 1. The molecule has 0 amide bonds. The number of benzene rings is 1. The van der Waals surface area contributed by atoms with Gasteiger partial charge in [-0.2, -0.15) is 5.10 Å². The zero-order chi connectivity index (χ0) is 21.3. The molecule has 7 nitrogen and oxygen atoms in total. The molecule has 1 fully saturated rings. The molecule has 1 aliphatic rings. The van der Waals surface area contributed by atoms with Crippen molar-refractivity contribution in [2.45, 2.75) is 20.3 Å². The zero-order valence-corrected chi connectivity index (χ0v) is 17.6. The molecule has 1 saturated heterocycles. The number of halogens is 1. The Morgan fingerprint density at radius 3 is 2.57 bits per heavy atom. The van der Waals surface area contributed by atoms with Gasteiger partial charge in [0.2, 0.25) is 0 Å². The van der Waals surface area contributed by atoms with Crippen molar-refractivity contribution in [3.63, 3.8) is 0 Å². The van der Waals surface area contributed by atoms with Crippen molar-refractivity contribution in [2.75, 3.05) is 42.6 Å². The van der Waals surface area contributed by atoms with E-state index in [1.807, 2.05) is 26.1 Å². The molecule has 8 heteroatoms. The van der Waals surface area contributed by atoms with Crippen LogP contribution in [-0.2, 0) is 11.8 Å². The highest BCUT2D eigenvalue weighted by Gasteiger charge is 2.26.